The van der Waals surface area contributed by atoms with Gasteiger partial charge in [0, 0.05) is 17.7 Å². The topological polar surface area (TPSA) is 109 Å². The first kappa shape index (κ1) is 16.2. The molecule has 0 heterocycles. The molecular weight excluding hydrogens is 280 g/mol. The monoisotopic (exact) mass is 296 g/mol. The lowest BCUT2D eigenvalue weighted by Crippen LogP contribution is -2.31. The summed E-state index contributed by atoms with van der Waals surface area (Å²) in [5.41, 5.74) is 1.89. The molecule has 0 fully saturated rings. The van der Waals surface area contributed by atoms with Gasteiger partial charge in [0.25, 0.3) is 5.91 Å². The second-order valence-electron chi connectivity index (χ2n) is 4.11. The normalized spacial score (nSPS) is 10.6. The molecule has 0 saturated heterocycles. The van der Waals surface area contributed by atoms with E-state index < -0.39 is 15.9 Å². The minimum Gasteiger partial charge on any atom is -0.384 e. The minimum atomic E-state index is -3.59. The number of nitrogens with one attached hydrogen (secondary N) is 1. The van der Waals surface area contributed by atoms with Crippen molar-refractivity contribution in [2.45, 2.75) is 6.92 Å². The second kappa shape index (κ2) is 7.05. The third-order valence-corrected chi connectivity index (χ3v) is 3.25. The molecule has 20 heavy (non-hydrogen) atoms. The lowest BCUT2D eigenvalue weighted by Gasteiger charge is -2.06. The first-order valence-corrected chi connectivity index (χ1v) is 7.54. The summed E-state index contributed by atoms with van der Waals surface area (Å²) in [6, 6.07) is 4.94. The van der Waals surface area contributed by atoms with Gasteiger partial charge in [0.15, 0.2) is 0 Å². The van der Waals surface area contributed by atoms with Crippen LogP contribution in [0.25, 0.3) is 0 Å². The highest BCUT2D eigenvalue weighted by Crippen LogP contribution is 2.10. The zero-order chi connectivity index (χ0) is 15.2. The second-order valence-corrected chi connectivity index (χ2v) is 5.85. The van der Waals surface area contributed by atoms with Crippen molar-refractivity contribution in [2.75, 3.05) is 18.9 Å². The number of aliphatic hydroxyl groups is 1. The summed E-state index contributed by atoms with van der Waals surface area (Å²) in [6.07, 6.45) is 0. The van der Waals surface area contributed by atoms with Gasteiger partial charge in [-0.25, -0.2) is 13.6 Å². The minimum absolute atomic E-state index is 0.0524. The van der Waals surface area contributed by atoms with Crippen LogP contribution >= 0.6 is 0 Å². The van der Waals surface area contributed by atoms with Gasteiger partial charge in [-0.15, -0.1) is 0 Å². The van der Waals surface area contributed by atoms with E-state index in [0.717, 1.165) is 5.56 Å². The van der Waals surface area contributed by atoms with Gasteiger partial charge in [0.2, 0.25) is 10.0 Å². The van der Waals surface area contributed by atoms with Crippen LogP contribution < -0.4 is 10.5 Å². The summed E-state index contributed by atoms with van der Waals surface area (Å²) < 4.78 is 21.5. The Morgan fingerprint density at radius 1 is 1.45 bits per heavy atom. The molecule has 0 aliphatic carbocycles. The molecule has 1 aromatic carbocycles. The number of carbonyl (C=O) groups is 1. The molecule has 0 saturated carbocycles. The Kier molecular flexibility index (Phi) is 5.70. The van der Waals surface area contributed by atoms with E-state index in [4.69, 9.17) is 10.2 Å². The average Bonchev–Trinajstić information content (AvgIpc) is 2.36. The molecule has 0 unspecified atom stereocenters. The third kappa shape index (κ3) is 5.40. The average molecular weight is 296 g/mol. The van der Waals surface area contributed by atoms with Crippen molar-refractivity contribution in [3.8, 4) is 11.8 Å². The number of aryl methyl sites for hydroxylation is 1. The van der Waals surface area contributed by atoms with Gasteiger partial charge in [-0.2, -0.15) is 0 Å². The van der Waals surface area contributed by atoms with Crippen LogP contribution in [0.5, 0.6) is 0 Å². The summed E-state index contributed by atoms with van der Waals surface area (Å²) >= 11 is 0. The number of amides is 1. The lowest BCUT2D eigenvalue weighted by atomic mass is 10.0. The smallest absolute Gasteiger partial charge is 0.251 e. The van der Waals surface area contributed by atoms with Gasteiger partial charge in [-0.1, -0.05) is 17.9 Å². The molecule has 0 bridgehead atoms. The Balaban J connectivity index is 2.78. The van der Waals surface area contributed by atoms with E-state index in [1.165, 1.54) is 0 Å². The van der Waals surface area contributed by atoms with Gasteiger partial charge >= 0.3 is 0 Å². The van der Waals surface area contributed by atoms with Crippen molar-refractivity contribution >= 4 is 15.9 Å². The van der Waals surface area contributed by atoms with E-state index in [0.29, 0.717) is 11.1 Å². The van der Waals surface area contributed by atoms with Gasteiger partial charge in [0.05, 0.1) is 5.75 Å². The van der Waals surface area contributed by atoms with Crippen LogP contribution in [0.1, 0.15) is 21.5 Å². The number of primary sulfonamides is 1. The Labute approximate surface area is 118 Å². The number of hydrogen-bond donors (Lipinski definition) is 3. The van der Waals surface area contributed by atoms with Gasteiger partial charge in [-0.3, -0.25) is 4.79 Å². The molecular formula is C13H16N2O4S. The predicted molar refractivity (Wildman–Crippen MR) is 75.5 cm³/mol. The number of carbonyl (C=O) groups excluding carboxylic acids is 1. The first-order valence-electron chi connectivity index (χ1n) is 5.82. The summed E-state index contributed by atoms with van der Waals surface area (Å²) in [5.74, 6) is 4.54. The van der Waals surface area contributed by atoms with Crippen molar-refractivity contribution in [3.05, 3.63) is 34.9 Å². The SMILES string of the molecule is Cc1ccc(C(=O)NCCS(N)(=O)=O)cc1C#CCO. The van der Waals surface area contributed by atoms with Crippen LogP contribution in [-0.4, -0.2) is 38.3 Å². The van der Waals surface area contributed by atoms with Gasteiger partial charge in [0.1, 0.15) is 6.61 Å². The van der Waals surface area contributed by atoms with Crippen LogP contribution in [0.15, 0.2) is 18.2 Å². The molecule has 108 valence electrons. The quantitative estimate of drug-likeness (QED) is 0.642. The highest BCUT2D eigenvalue weighted by atomic mass is 32.2. The Bertz CT molecular complexity index is 657. The van der Waals surface area contributed by atoms with E-state index in [1.807, 2.05) is 6.92 Å². The maximum absolute atomic E-state index is 11.8. The van der Waals surface area contributed by atoms with E-state index >= 15 is 0 Å². The molecule has 7 heteroatoms. The maximum Gasteiger partial charge on any atom is 0.251 e. The number of aliphatic hydroxyl groups excluding tert-OH is 1. The van der Waals surface area contributed by atoms with Crippen molar-refractivity contribution in [3.63, 3.8) is 0 Å². The van der Waals surface area contributed by atoms with Crippen LogP contribution in [-0.2, 0) is 10.0 Å². The fraction of sp³-hybridized carbons (Fsp3) is 0.308. The molecule has 0 spiro atoms. The predicted octanol–water partition coefficient (Wildman–Crippen LogP) is -0.643. The van der Waals surface area contributed by atoms with E-state index in [9.17, 15) is 13.2 Å². The number of benzene rings is 1. The molecule has 0 aromatic heterocycles. The highest BCUT2D eigenvalue weighted by molar-refractivity contribution is 7.89. The van der Waals surface area contributed by atoms with Crippen LogP contribution in [0.2, 0.25) is 0 Å². The Hall–Kier alpha value is -1.88. The maximum atomic E-state index is 11.8. The first-order chi connectivity index (χ1) is 9.33. The van der Waals surface area contributed by atoms with Crippen LogP contribution in [0, 0.1) is 18.8 Å². The van der Waals surface area contributed by atoms with Gasteiger partial charge in [-0.05, 0) is 24.6 Å². The van der Waals surface area contributed by atoms with E-state index in [2.05, 4.69) is 17.2 Å². The molecule has 0 radical (unpaired) electrons. The molecule has 0 aliphatic rings. The summed E-state index contributed by atoms with van der Waals surface area (Å²) in [4.78, 5) is 11.8. The number of sulfonamides is 1. The van der Waals surface area contributed by atoms with Crippen molar-refractivity contribution in [2.24, 2.45) is 5.14 Å². The van der Waals surface area contributed by atoms with Crippen LogP contribution in [0.3, 0.4) is 0 Å². The molecule has 6 nitrogen and oxygen atoms in total. The van der Waals surface area contributed by atoms with Crippen molar-refractivity contribution in [1.82, 2.24) is 5.32 Å². The molecule has 4 N–H and O–H groups in total. The lowest BCUT2D eigenvalue weighted by molar-refractivity contribution is 0.0956. The zero-order valence-corrected chi connectivity index (χ0v) is 11.8. The molecule has 0 aliphatic heterocycles. The van der Waals surface area contributed by atoms with Crippen molar-refractivity contribution < 1.29 is 18.3 Å². The molecule has 1 aromatic rings. The fourth-order valence-corrected chi connectivity index (χ4v) is 1.83. The Morgan fingerprint density at radius 3 is 2.75 bits per heavy atom. The van der Waals surface area contributed by atoms with Crippen LogP contribution in [0.4, 0.5) is 0 Å². The molecule has 1 rings (SSSR count). The summed E-state index contributed by atoms with van der Waals surface area (Å²) in [5, 5.41) is 16.0. The van der Waals surface area contributed by atoms with E-state index in [1.54, 1.807) is 18.2 Å². The zero-order valence-electron chi connectivity index (χ0n) is 11.0. The van der Waals surface area contributed by atoms with Gasteiger partial charge < -0.3 is 10.4 Å². The largest absolute Gasteiger partial charge is 0.384 e. The number of rotatable bonds is 4. The number of nitrogens with two attached hydrogens (primary N) is 1. The standard InChI is InChI=1S/C13H16N2O4S/c1-10-4-5-12(9-11(10)3-2-7-16)13(17)15-6-8-20(14,18)19/h4-5,9,16H,6-8H2,1H3,(H,15,17)(H2,14,18,19). The van der Waals surface area contributed by atoms with E-state index in [-0.39, 0.29) is 18.9 Å². The Morgan fingerprint density at radius 2 is 2.15 bits per heavy atom. The number of hydrogen-bond acceptors (Lipinski definition) is 4. The summed E-state index contributed by atoms with van der Waals surface area (Å²) in [6.45, 7) is 1.53. The van der Waals surface area contributed by atoms with Crippen molar-refractivity contribution in [1.29, 1.82) is 0 Å². The fourth-order valence-electron chi connectivity index (χ4n) is 1.44. The third-order valence-electron chi connectivity index (χ3n) is 2.47. The molecule has 0 atom stereocenters. The molecule has 1 amide bonds. The highest BCUT2D eigenvalue weighted by Gasteiger charge is 2.08. The summed E-state index contributed by atoms with van der Waals surface area (Å²) in [7, 11) is -3.59.